The van der Waals surface area contributed by atoms with Crippen LogP contribution in [0.3, 0.4) is 0 Å². The third-order valence-electron chi connectivity index (χ3n) is 4.33. The number of nitrogens with one attached hydrogen (secondary N) is 1. The molecular formula is C17H22N4. The number of aromatic nitrogens is 1. The standard InChI is InChI=1S/C17H22N4/c1-21(2)14-7-3-5-13(11-14)17(20-18)15-9-8-12-6-4-10-19-16(12)15/h3-7,10-11,15,17,20H,8-9,18H2,1-2H3. The molecule has 2 atom stereocenters. The van der Waals surface area contributed by atoms with Crippen molar-refractivity contribution in [1.82, 2.24) is 10.4 Å². The van der Waals surface area contributed by atoms with E-state index in [1.807, 2.05) is 12.3 Å². The van der Waals surface area contributed by atoms with Gasteiger partial charge in [0, 0.05) is 37.6 Å². The molecule has 1 aromatic heterocycles. The van der Waals surface area contributed by atoms with Crippen LogP contribution < -0.4 is 16.2 Å². The molecule has 0 radical (unpaired) electrons. The summed E-state index contributed by atoms with van der Waals surface area (Å²) in [5.41, 5.74) is 7.95. The first-order valence-corrected chi connectivity index (χ1v) is 7.38. The summed E-state index contributed by atoms with van der Waals surface area (Å²) in [4.78, 5) is 6.70. The van der Waals surface area contributed by atoms with Crippen molar-refractivity contribution < 1.29 is 0 Å². The quantitative estimate of drug-likeness (QED) is 0.668. The third kappa shape index (κ3) is 2.64. The van der Waals surface area contributed by atoms with Gasteiger partial charge in [0.05, 0.1) is 6.04 Å². The number of rotatable bonds is 4. The van der Waals surface area contributed by atoms with Crippen LogP contribution in [-0.4, -0.2) is 19.1 Å². The molecule has 21 heavy (non-hydrogen) atoms. The summed E-state index contributed by atoms with van der Waals surface area (Å²) in [6.45, 7) is 0. The van der Waals surface area contributed by atoms with Gasteiger partial charge in [0.25, 0.3) is 0 Å². The van der Waals surface area contributed by atoms with E-state index >= 15 is 0 Å². The molecule has 0 amide bonds. The van der Waals surface area contributed by atoms with Gasteiger partial charge in [0.1, 0.15) is 0 Å². The normalized spacial score (nSPS) is 18.3. The molecule has 2 unspecified atom stereocenters. The van der Waals surface area contributed by atoms with Crippen LogP contribution in [0.4, 0.5) is 5.69 Å². The molecule has 1 heterocycles. The number of nitrogens with two attached hydrogens (primary N) is 1. The zero-order chi connectivity index (χ0) is 14.8. The number of hydrazine groups is 1. The molecule has 3 N–H and O–H groups in total. The molecule has 1 aliphatic carbocycles. The van der Waals surface area contributed by atoms with Gasteiger partial charge >= 0.3 is 0 Å². The molecule has 0 spiro atoms. The van der Waals surface area contributed by atoms with E-state index in [-0.39, 0.29) is 6.04 Å². The number of hydrogen-bond acceptors (Lipinski definition) is 4. The minimum atomic E-state index is 0.0982. The number of nitrogens with zero attached hydrogens (tertiary/aromatic N) is 2. The summed E-state index contributed by atoms with van der Waals surface area (Å²) in [5, 5.41) is 0. The zero-order valence-corrected chi connectivity index (χ0v) is 12.6. The smallest absolute Gasteiger partial charge is 0.0544 e. The first-order chi connectivity index (χ1) is 10.2. The molecule has 0 aliphatic heterocycles. The van der Waals surface area contributed by atoms with E-state index in [1.54, 1.807) is 0 Å². The molecule has 4 nitrogen and oxygen atoms in total. The molecule has 0 saturated carbocycles. The Morgan fingerprint density at radius 1 is 1.29 bits per heavy atom. The highest BCUT2D eigenvalue weighted by Crippen LogP contribution is 2.40. The van der Waals surface area contributed by atoms with Gasteiger partial charge in [-0.15, -0.1) is 0 Å². The van der Waals surface area contributed by atoms with Gasteiger partial charge in [-0.3, -0.25) is 16.3 Å². The van der Waals surface area contributed by atoms with Crippen LogP contribution in [0.25, 0.3) is 0 Å². The number of aryl methyl sites for hydroxylation is 1. The van der Waals surface area contributed by atoms with Crippen LogP contribution >= 0.6 is 0 Å². The molecule has 0 fully saturated rings. The van der Waals surface area contributed by atoms with Crippen molar-refractivity contribution >= 4 is 5.69 Å². The Hall–Kier alpha value is -1.91. The summed E-state index contributed by atoms with van der Waals surface area (Å²) in [6, 6.07) is 12.8. The summed E-state index contributed by atoms with van der Waals surface area (Å²) < 4.78 is 0. The van der Waals surface area contributed by atoms with Crippen LogP contribution in [0.15, 0.2) is 42.6 Å². The lowest BCUT2D eigenvalue weighted by atomic mass is 9.91. The SMILES string of the molecule is CN(C)c1cccc(C(NN)C2CCc3cccnc32)c1. The molecular weight excluding hydrogens is 260 g/mol. The van der Waals surface area contributed by atoms with Gasteiger partial charge in [0.2, 0.25) is 0 Å². The zero-order valence-electron chi connectivity index (χ0n) is 12.6. The second-order valence-electron chi connectivity index (χ2n) is 5.83. The molecule has 3 rings (SSSR count). The van der Waals surface area contributed by atoms with Gasteiger partial charge in [-0.2, -0.15) is 0 Å². The van der Waals surface area contributed by atoms with Crippen molar-refractivity contribution in [1.29, 1.82) is 0 Å². The number of pyridine rings is 1. The highest BCUT2D eigenvalue weighted by Gasteiger charge is 2.31. The molecule has 0 saturated heterocycles. The van der Waals surface area contributed by atoms with Crippen molar-refractivity contribution in [3.05, 3.63) is 59.4 Å². The highest BCUT2D eigenvalue weighted by atomic mass is 15.2. The van der Waals surface area contributed by atoms with Gasteiger partial charge in [0.15, 0.2) is 0 Å². The van der Waals surface area contributed by atoms with Crippen molar-refractivity contribution in [3.8, 4) is 0 Å². The number of benzene rings is 1. The molecule has 1 aromatic carbocycles. The minimum absolute atomic E-state index is 0.0982. The lowest BCUT2D eigenvalue weighted by molar-refractivity contribution is 0.447. The number of anilines is 1. The first-order valence-electron chi connectivity index (χ1n) is 7.38. The van der Waals surface area contributed by atoms with Crippen LogP contribution in [0.2, 0.25) is 0 Å². The summed E-state index contributed by atoms with van der Waals surface area (Å²) in [5.74, 6) is 6.21. The maximum atomic E-state index is 5.88. The van der Waals surface area contributed by atoms with E-state index in [9.17, 15) is 0 Å². The fourth-order valence-corrected chi connectivity index (χ4v) is 3.21. The van der Waals surface area contributed by atoms with E-state index in [1.165, 1.54) is 22.5 Å². The van der Waals surface area contributed by atoms with Crippen LogP contribution in [0.1, 0.15) is 35.2 Å². The topological polar surface area (TPSA) is 54.2 Å². The van der Waals surface area contributed by atoms with E-state index in [0.717, 1.165) is 12.8 Å². The molecule has 0 bridgehead atoms. The maximum Gasteiger partial charge on any atom is 0.0544 e. The molecule has 2 aromatic rings. The minimum Gasteiger partial charge on any atom is -0.378 e. The highest BCUT2D eigenvalue weighted by molar-refractivity contribution is 5.48. The van der Waals surface area contributed by atoms with E-state index in [0.29, 0.717) is 5.92 Å². The summed E-state index contributed by atoms with van der Waals surface area (Å²) >= 11 is 0. The maximum absolute atomic E-state index is 5.88. The van der Waals surface area contributed by atoms with Crippen LogP contribution in [0.5, 0.6) is 0 Å². The van der Waals surface area contributed by atoms with Crippen molar-refractivity contribution in [2.24, 2.45) is 5.84 Å². The van der Waals surface area contributed by atoms with Crippen molar-refractivity contribution in [3.63, 3.8) is 0 Å². The Bertz CT molecular complexity index is 624. The van der Waals surface area contributed by atoms with Crippen LogP contribution in [-0.2, 0) is 6.42 Å². The number of hydrogen-bond donors (Lipinski definition) is 2. The fourth-order valence-electron chi connectivity index (χ4n) is 3.21. The third-order valence-corrected chi connectivity index (χ3v) is 4.33. The lowest BCUT2D eigenvalue weighted by Crippen LogP contribution is -2.32. The Morgan fingerprint density at radius 2 is 2.14 bits per heavy atom. The molecule has 4 heteroatoms. The Morgan fingerprint density at radius 3 is 2.90 bits per heavy atom. The van der Waals surface area contributed by atoms with Gasteiger partial charge < -0.3 is 4.90 Å². The van der Waals surface area contributed by atoms with Crippen molar-refractivity contribution in [2.45, 2.75) is 24.8 Å². The average molecular weight is 282 g/mol. The van der Waals surface area contributed by atoms with Gasteiger partial charge in [-0.05, 0) is 42.2 Å². The first kappa shape index (κ1) is 14.0. The average Bonchev–Trinajstić information content (AvgIpc) is 2.93. The molecule has 1 aliphatic rings. The predicted octanol–water partition coefficient (Wildman–Crippen LogP) is 2.38. The second kappa shape index (κ2) is 5.84. The van der Waals surface area contributed by atoms with Crippen molar-refractivity contribution in [2.75, 3.05) is 19.0 Å². The van der Waals surface area contributed by atoms with E-state index in [2.05, 4.69) is 59.7 Å². The second-order valence-corrected chi connectivity index (χ2v) is 5.83. The predicted molar refractivity (Wildman–Crippen MR) is 86.1 cm³/mol. The fraction of sp³-hybridized carbons (Fsp3) is 0.353. The summed E-state index contributed by atoms with van der Waals surface area (Å²) in [7, 11) is 4.10. The Balaban J connectivity index is 1.95. The largest absolute Gasteiger partial charge is 0.378 e. The Kier molecular flexibility index (Phi) is 3.90. The number of fused-ring (bicyclic) bond motifs is 1. The van der Waals surface area contributed by atoms with Crippen LogP contribution in [0, 0.1) is 0 Å². The molecule has 110 valence electrons. The Labute approximate surface area is 126 Å². The van der Waals surface area contributed by atoms with E-state index in [4.69, 9.17) is 5.84 Å². The van der Waals surface area contributed by atoms with Gasteiger partial charge in [-0.1, -0.05) is 18.2 Å². The summed E-state index contributed by atoms with van der Waals surface area (Å²) in [6.07, 6.45) is 4.05. The monoisotopic (exact) mass is 282 g/mol. The lowest BCUT2D eigenvalue weighted by Gasteiger charge is -2.25. The van der Waals surface area contributed by atoms with Gasteiger partial charge in [-0.25, -0.2) is 0 Å². The van der Waals surface area contributed by atoms with E-state index < -0.39 is 0 Å².